The number of phenols is 1. The Balaban J connectivity index is 2.63. The molecule has 126 valence electrons. The van der Waals surface area contributed by atoms with Gasteiger partial charge in [-0.25, -0.2) is 0 Å². The van der Waals surface area contributed by atoms with Gasteiger partial charge in [0.1, 0.15) is 16.3 Å². The molecule has 24 heavy (non-hydrogen) atoms. The minimum absolute atomic E-state index is 0.0324. The Kier molecular flexibility index (Phi) is 4.67. The number of carbonyl (C=O) groups is 1. The Hall–Kier alpha value is -2.78. The van der Waals surface area contributed by atoms with Crippen LogP contribution in [-0.2, 0) is 14.9 Å². The van der Waals surface area contributed by atoms with E-state index in [1.165, 1.54) is 44.2 Å². The van der Waals surface area contributed by atoms with Gasteiger partial charge in [0, 0.05) is 17.7 Å². The number of Topliss-reactive ketones (excluding diaryl/α,β-unsaturated/α-hetero) is 1. The summed E-state index contributed by atoms with van der Waals surface area (Å²) >= 11 is 0. The Bertz CT molecular complexity index is 988. The van der Waals surface area contributed by atoms with Gasteiger partial charge in [0.2, 0.25) is 0 Å². The van der Waals surface area contributed by atoms with Crippen LogP contribution in [0, 0.1) is 0 Å². The number of allylic oxidation sites excluding steroid dienone is 2. The van der Waals surface area contributed by atoms with Gasteiger partial charge in [-0.15, -0.1) is 10.2 Å². The molecule has 0 aliphatic rings. The maximum absolute atomic E-state index is 11.4. The van der Waals surface area contributed by atoms with Crippen molar-refractivity contribution in [2.45, 2.75) is 18.7 Å². The number of benzene rings is 2. The number of aromatic hydroxyl groups is 1. The summed E-state index contributed by atoms with van der Waals surface area (Å²) < 4.78 is 32.0. The number of carbonyl (C=O) groups excluding carboxylic acids is 1. The van der Waals surface area contributed by atoms with E-state index >= 15 is 0 Å². The van der Waals surface area contributed by atoms with E-state index in [1.54, 1.807) is 0 Å². The van der Waals surface area contributed by atoms with Crippen molar-refractivity contribution in [1.82, 2.24) is 0 Å². The molecule has 0 amide bonds. The molecule has 2 aromatic carbocycles. The van der Waals surface area contributed by atoms with E-state index in [4.69, 9.17) is 0 Å². The van der Waals surface area contributed by atoms with E-state index in [0.29, 0.717) is 0 Å². The Labute approximate surface area is 137 Å². The molecule has 0 aliphatic heterocycles. The van der Waals surface area contributed by atoms with E-state index < -0.39 is 15.9 Å². The standard InChI is InChI=1S/C15H14N2O6S/c1-8(18)14(9(2)19)17-16-12-7-6-10-11(15(12)20)4-3-5-13(10)24(21,22)23/h3-7,18,20H,1-2H3,(H,21,22,23). The molecule has 3 N–H and O–H groups in total. The van der Waals surface area contributed by atoms with Crippen molar-refractivity contribution in [2.24, 2.45) is 10.2 Å². The number of ketones is 1. The van der Waals surface area contributed by atoms with E-state index in [9.17, 15) is 28.0 Å². The van der Waals surface area contributed by atoms with Gasteiger partial charge in [0.05, 0.1) is 0 Å². The summed E-state index contributed by atoms with van der Waals surface area (Å²) in [6.45, 7) is 2.47. The highest BCUT2D eigenvalue weighted by Gasteiger charge is 2.17. The molecular formula is C15H14N2O6S. The fraction of sp³-hybridized carbons (Fsp3) is 0.133. The molecule has 0 aromatic heterocycles. The zero-order valence-electron chi connectivity index (χ0n) is 12.8. The fourth-order valence-electron chi connectivity index (χ4n) is 2.11. The number of azo groups is 1. The van der Waals surface area contributed by atoms with Crippen LogP contribution in [-0.4, -0.2) is 29.0 Å². The predicted molar refractivity (Wildman–Crippen MR) is 86.0 cm³/mol. The normalized spacial score (nSPS) is 13.3. The molecule has 0 bridgehead atoms. The Morgan fingerprint density at radius 2 is 1.75 bits per heavy atom. The molecule has 8 nitrogen and oxygen atoms in total. The molecule has 0 unspecified atom stereocenters. The second-order valence-corrected chi connectivity index (χ2v) is 6.34. The van der Waals surface area contributed by atoms with Crippen molar-refractivity contribution in [2.75, 3.05) is 0 Å². The zero-order valence-corrected chi connectivity index (χ0v) is 13.6. The van der Waals surface area contributed by atoms with Gasteiger partial charge in [-0.2, -0.15) is 8.42 Å². The number of hydrogen-bond acceptors (Lipinski definition) is 7. The molecule has 0 atom stereocenters. The van der Waals surface area contributed by atoms with Crippen molar-refractivity contribution < 1.29 is 28.0 Å². The van der Waals surface area contributed by atoms with Crippen LogP contribution in [0.25, 0.3) is 10.8 Å². The lowest BCUT2D eigenvalue weighted by Crippen LogP contribution is -1.98. The van der Waals surface area contributed by atoms with Crippen LogP contribution < -0.4 is 0 Å². The van der Waals surface area contributed by atoms with E-state index in [2.05, 4.69) is 10.2 Å². The average Bonchev–Trinajstić information content (AvgIpc) is 2.47. The number of aliphatic hydroxyl groups excluding tert-OH is 1. The highest BCUT2D eigenvalue weighted by molar-refractivity contribution is 7.86. The van der Waals surface area contributed by atoms with Gasteiger partial charge >= 0.3 is 0 Å². The van der Waals surface area contributed by atoms with Crippen LogP contribution in [0.3, 0.4) is 0 Å². The molecule has 0 saturated heterocycles. The van der Waals surface area contributed by atoms with Gasteiger partial charge in [-0.05, 0) is 19.1 Å². The minimum atomic E-state index is -4.46. The minimum Gasteiger partial charge on any atom is -0.510 e. The van der Waals surface area contributed by atoms with Crippen LogP contribution in [0.1, 0.15) is 13.8 Å². The van der Waals surface area contributed by atoms with Crippen LogP contribution in [0.4, 0.5) is 5.69 Å². The Morgan fingerprint density at radius 1 is 1.08 bits per heavy atom. The molecule has 0 spiro atoms. The number of phenolic OH excluding ortho intramolecular Hbond substituents is 1. The van der Waals surface area contributed by atoms with Crippen molar-refractivity contribution >= 4 is 32.4 Å². The van der Waals surface area contributed by atoms with Gasteiger partial charge in [0.15, 0.2) is 17.2 Å². The smallest absolute Gasteiger partial charge is 0.295 e. The third kappa shape index (κ3) is 3.42. The van der Waals surface area contributed by atoms with Gasteiger partial charge in [-0.3, -0.25) is 9.35 Å². The number of fused-ring (bicyclic) bond motifs is 1. The summed E-state index contributed by atoms with van der Waals surface area (Å²) in [5, 5.41) is 27.2. The average molecular weight is 350 g/mol. The second kappa shape index (κ2) is 6.38. The summed E-state index contributed by atoms with van der Waals surface area (Å²) in [5.41, 5.74) is -0.295. The fourth-order valence-corrected chi connectivity index (χ4v) is 2.82. The van der Waals surface area contributed by atoms with Crippen LogP contribution >= 0.6 is 0 Å². The first-order chi connectivity index (χ1) is 11.1. The SMILES string of the molecule is CC(=O)C(N=Nc1ccc2c(S(=O)(=O)O)cccc2c1O)=C(C)O. The van der Waals surface area contributed by atoms with Crippen LogP contribution in [0.5, 0.6) is 5.75 Å². The highest BCUT2D eigenvalue weighted by atomic mass is 32.2. The van der Waals surface area contributed by atoms with E-state index in [-0.39, 0.29) is 38.6 Å². The zero-order chi connectivity index (χ0) is 18.1. The molecule has 0 radical (unpaired) electrons. The van der Waals surface area contributed by atoms with Crippen molar-refractivity contribution in [3.63, 3.8) is 0 Å². The Morgan fingerprint density at radius 3 is 2.29 bits per heavy atom. The van der Waals surface area contributed by atoms with Crippen molar-refractivity contribution in [3.05, 3.63) is 41.8 Å². The molecule has 0 saturated carbocycles. The van der Waals surface area contributed by atoms with Crippen molar-refractivity contribution in [3.8, 4) is 5.75 Å². The van der Waals surface area contributed by atoms with Crippen molar-refractivity contribution in [1.29, 1.82) is 0 Å². The molecule has 2 aromatic rings. The molecule has 0 heterocycles. The molecular weight excluding hydrogens is 336 g/mol. The monoisotopic (exact) mass is 350 g/mol. The summed E-state index contributed by atoms with van der Waals surface area (Å²) in [6.07, 6.45) is 0. The number of hydrogen-bond donors (Lipinski definition) is 3. The van der Waals surface area contributed by atoms with Crippen LogP contribution in [0.2, 0.25) is 0 Å². The first-order valence-corrected chi connectivity index (χ1v) is 8.11. The predicted octanol–water partition coefficient (Wildman–Crippen LogP) is 3.25. The second-order valence-electron chi connectivity index (χ2n) is 4.95. The summed E-state index contributed by atoms with van der Waals surface area (Å²) in [4.78, 5) is 11.0. The maximum atomic E-state index is 11.4. The lowest BCUT2D eigenvalue weighted by Gasteiger charge is -2.07. The van der Waals surface area contributed by atoms with E-state index in [0.717, 1.165) is 0 Å². The molecule has 2 rings (SSSR count). The topological polar surface area (TPSA) is 137 Å². The summed E-state index contributed by atoms with van der Waals surface area (Å²) in [5.74, 6) is -1.20. The highest BCUT2D eigenvalue weighted by Crippen LogP contribution is 2.37. The third-order valence-electron chi connectivity index (χ3n) is 3.18. The van der Waals surface area contributed by atoms with Gasteiger partial charge in [-0.1, -0.05) is 18.2 Å². The largest absolute Gasteiger partial charge is 0.510 e. The third-order valence-corrected chi connectivity index (χ3v) is 4.10. The van der Waals surface area contributed by atoms with Gasteiger partial charge in [0.25, 0.3) is 10.1 Å². The van der Waals surface area contributed by atoms with Gasteiger partial charge < -0.3 is 10.2 Å². The number of rotatable bonds is 4. The molecule has 0 aliphatic carbocycles. The van der Waals surface area contributed by atoms with E-state index in [1.807, 2.05) is 0 Å². The quantitative estimate of drug-likeness (QED) is 0.335. The summed E-state index contributed by atoms with van der Waals surface area (Å²) in [6, 6.07) is 6.61. The number of nitrogens with zero attached hydrogens (tertiary/aromatic N) is 2. The molecule has 9 heteroatoms. The first-order valence-electron chi connectivity index (χ1n) is 6.67. The number of aliphatic hydroxyl groups is 1. The van der Waals surface area contributed by atoms with Crippen LogP contribution in [0.15, 0.2) is 56.9 Å². The summed E-state index contributed by atoms with van der Waals surface area (Å²) in [7, 11) is -4.46. The first kappa shape index (κ1) is 17.6. The maximum Gasteiger partial charge on any atom is 0.295 e. The molecule has 0 fully saturated rings. The lowest BCUT2D eigenvalue weighted by atomic mass is 10.1. The lowest BCUT2D eigenvalue weighted by molar-refractivity contribution is -0.113.